The minimum atomic E-state index is 0.376. The van der Waals surface area contributed by atoms with Gasteiger partial charge in [-0.15, -0.1) is 0 Å². The number of hydrogen-bond donors (Lipinski definition) is 0. The van der Waals surface area contributed by atoms with Crippen molar-refractivity contribution in [2.45, 2.75) is 12.5 Å². The third kappa shape index (κ3) is 2.83. The molecule has 0 bridgehead atoms. The van der Waals surface area contributed by atoms with E-state index >= 15 is 0 Å². The number of likely N-dealkylation sites (N-methyl/N-ethyl adjacent to an activating group) is 1. The number of anilines is 2. The van der Waals surface area contributed by atoms with E-state index in [9.17, 15) is 0 Å². The quantitative estimate of drug-likeness (QED) is 0.872. The predicted octanol–water partition coefficient (Wildman–Crippen LogP) is 2.72. The van der Waals surface area contributed by atoms with Gasteiger partial charge in [-0.25, -0.2) is 9.97 Å². The molecule has 0 saturated carbocycles. The molecule has 22 heavy (non-hydrogen) atoms. The molecule has 1 saturated heterocycles. The van der Waals surface area contributed by atoms with Crippen LogP contribution in [0.1, 0.15) is 12.0 Å². The maximum Gasteiger partial charge on any atom is 0.131 e. The molecule has 112 valence electrons. The summed E-state index contributed by atoms with van der Waals surface area (Å²) >= 11 is 6.31. The SMILES string of the molecule is CN(c1ccncn1)C1CCN(c2ccc(C#N)cc2Cl)C1. The van der Waals surface area contributed by atoms with Gasteiger partial charge in [-0.05, 0) is 30.7 Å². The second kappa shape index (κ2) is 6.20. The van der Waals surface area contributed by atoms with E-state index in [4.69, 9.17) is 16.9 Å². The second-order valence-corrected chi connectivity index (χ2v) is 5.75. The van der Waals surface area contributed by atoms with Crippen molar-refractivity contribution in [1.82, 2.24) is 9.97 Å². The Balaban J connectivity index is 1.74. The first-order valence-corrected chi connectivity index (χ1v) is 7.50. The third-order valence-corrected chi connectivity index (χ3v) is 4.36. The zero-order valence-corrected chi connectivity index (χ0v) is 13.0. The largest absolute Gasteiger partial charge is 0.368 e. The Morgan fingerprint density at radius 2 is 2.27 bits per heavy atom. The van der Waals surface area contributed by atoms with Crippen LogP contribution < -0.4 is 9.80 Å². The van der Waals surface area contributed by atoms with Crippen molar-refractivity contribution in [3.05, 3.63) is 47.4 Å². The van der Waals surface area contributed by atoms with E-state index in [1.807, 2.05) is 18.2 Å². The molecule has 0 amide bonds. The molecule has 1 fully saturated rings. The summed E-state index contributed by atoms with van der Waals surface area (Å²) in [5, 5.41) is 9.55. The van der Waals surface area contributed by atoms with Gasteiger partial charge in [0.15, 0.2) is 0 Å². The van der Waals surface area contributed by atoms with Gasteiger partial charge >= 0.3 is 0 Å². The third-order valence-electron chi connectivity index (χ3n) is 4.06. The Bertz CT molecular complexity index is 697. The average Bonchev–Trinajstić information content (AvgIpc) is 3.04. The van der Waals surface area contributed by atoms with Crippen LogP contribution in [-0.2, 0) is 0 Å². The van der Waals surface area contributed by atoms with Crippen molar-refractivity contribution in [3.63, 3.8) is 0 Å². The topological polar surface area (TPSA) is 56.1 Å². The smallest absolute Gasteiger partial charge is 0.131 e. The lowest BCUT2D eigenvalue weighted by atomic mass is 10.2. The van der Waals surface area contributed by atoms with E-state index in [0.29, 0.717) is 16.6 Å². The highest BCUT2D eigenvalue weighted by molar-refractivity contribution is 6.33. The van der Waals surface area contributed by atoms with Crippen molar-refractivity contribution in [2.75, 3.05) is 29.9 Å². The van der Waals surface area contributed by atoms with Crippen LogP contribution in [0.4, 0.5) is 11.5 Å². The van der Waals surface area contributed by atoms with Crippen molar-refractivity contribution in [1.29, 1.82) is 5.26 Å². The second-order valence-electron chi connectivity index (χ2n) is 5.34. The lowest BCUT2D eigenvalue weighted by Gasteiger charge is -2.26. The number of benzene rings is 1. The van der Waals surface area contributed by atoms with Crippen LogP contribution in [0.25, 0.3) is 0 Å². The molecule has 1 aliphatic rings. The van der Waals surface area contributed by atoms with Gasteiger partial charge in [-0.3, -0.25) is 0 Å². The van der Waals surface area contributed by atoms with Crippen LogP contribution in [0.5, 0.6) is 0 Å². The van der Waals surface area contributed by atoms with Crippen molar-refractivity contribution in [3.8, 4) is 6.07 Å². The summed E-state index contributed by atoms with van der Waals surface area (Å²) in [5.41, 5.74) is 1.57. The van der Waals surface area contributed by atoms with Gasteiger partial charge in [0.25, 0.3) is 0 Å². The molecule has 0 radical (unpaired) electrons. The predicted molar refractivity (Wildman–Crippen MR) is 87.2 cm³/mol. The minimum absolute atomic E-state index is 0.376. The normalized spacial score (nSPS) is 17.3. The molecule has 1 aromatic heterocycles. The summed E-state index contributed by atoms with van der Waals surface area (Å²) in [6, 6.07) is 9.85. The number of halogens is 1. The van der Waals surface area contributed by atoms with Gasteiger partial charge in [-0.1, -0.05) is 11.6 Å². The summed E-state index contributed by atoms with van der Waals surface area (Å²) in [6.07, 6.45) is 4.36. The molecule has 1 unspecified atom stereocenters. The number of rotatable bonds is 3. The van der Waals surface area contributed by atoms with Crippen LogP contribution in [-0.4, -0.2) is 36.1 Å². The molecule has 5 nitrogen and oxygen atoms in total. The summed E-state index contributed by atoms with van der Waals surface area (Å²) in [5.74, 6) is 0.924. The molecule has 2 aromatic rings. The maximum atomic E-state index is 8.92. The molecular formula is C16H16ClN5. The molecule has 0 N–H and O–H groups in total. The number of nitrogens with zero attached hydrogens (tertiary/aromatic N) is 5. The minimum Gasteiger partial charge on any atom is -0.368 e. The van der Waals surface area contributed by atoms with Crippen molar-refractivity contribution >= 4 is 23.1 Å². The highest BCUT2D eigenvalue weighted by Crippen LogP contribution is 2.31. The number of aromatic nitrogens is 2. The molecule has 6 heteroatoms. The summed E-state index contributed by atoms with van der Waals surface area (Å²) < 4.78 is 0. The lowest BCUT2D eigenvalue weighted by molar-refractivity contribution is 0.683. The van der Waals surface area contributed by atoms with Gasteiger partial charge in [0.05, 0.1) is 22.3 Å². The molecule has 2 heterocycles. The monoisotopic (exact) mass is 313 g/mol. The Labute approximate surface area is 134 Å². The van der Waals surface area contributed by atoms with Crippen molar-refractivity contribution in [2.24, 2.45) is 0 Å². The summed E-state index contributed by atoms with van der Waals surface area (Å²) in [7, 11) is 2.05. The van der Waals surface area contributed by atoms with E-state index in [1.54, 1.807) is 18.6 Å². The fourth-order valence-electron chi connectivity index (χ4n) is 2.79. The first-order valence-electron chi connectivity index (χ1n) is 7.12. The number of hydrogen-bond acceptors (Lipinski definition) is 5. The molecule has 1 aliphatic heterocycles. The Hall–Kier alpha value is -2.32. The van der Waals surface area contributed by atoms with Gasteiger partial charge in [0.2, 0.25) is 0 Å². The molecule has 3 rings (SSSR count). The molecule has 1 aromatic carbocycles. The van der Waals surface area contributed by atoms with Gasteiger partial charge in [0.1, 0.15) is 12.1 Å². The Morgan fingerprint density at radius 3 is 2.95 bits per heavy atom. The lowest BCUT2D eigenvalue weighted by Crippen LogP contribution is -2.35. The molecule has 1 atom stereocenters. The van der Waals surface area contributed by atoms with E-state index in [-0.39, 0.29) is 0 Å². The van der Waals surface area contributed by atoms with Crippen LogP contribution in [0.3, 0.4) is 0 Å². The Morgan fingerprint density at radius 1 is 1.41 bits per heavy atom. The highest BCUT2D eigenvalue weighted by Gasteiger charge is 2.27. The van der Waals surface area contributed by atoms with Crippen LogP contribution in [0, 0.1) is 11.3 Å². The van der Waals surface area contributed by atoms with E-state index < -0.39 is 0 Å². The molecule has 0 spiro atoms. The number of nitriles is 1. The van der Waals surface area contributed by atoms with Gasteiger partial charge in [-0.2, -0.15) is 5.26 Å². The Kier molecular flexibility index (Phi) is 4.12. The zero-order chi connectivity index (χ0) is 15.5. The van der Waals surface area contributed by atoms with Crippen molar-refractivity contribution < 1.29 is 0 Å². The van der Waals surface area contributed by atoms with Gasteiger partial charge < -0.3 is 9.80 Å². The summed E-state index contributed by atoms with van der Waals surface area (Å²) in [6.45, 7) is 1.82. The maximum absolute atomic E-state index is 8.92. The average molecular weight is 314 g/mol. The van der Waals surface area contributed by atoms with Crippen LogP contribution in [0.15, 0.2) is 36.8 Å². The van der Waals surface area contributed by atoms with Crippen LogP contribution in [0.2, 0.25) is 5.02 Å². The van der Waals surface area contributed by atoms with Gasteiger partial charge in [0, 0.05) is 32.4 Å². The summed E-state index contributed by atoms with van der Waals surface area (Å²) in [4.78, 5) is 12.7. The van der Waals surface area contributed by atoms with E-state index in [0.717, 1.165) is 31.0 Å². The first kappa shape index (κ1) is 14.6. The standard InChI is InChI=1S/C16H16ClN5/c1-21(16-4-6-19-11-20-16)13-5-7-22(10-13)15-3-2-12(9-18)8-14(15)17/h2-4,6,8,11,13H,5,7,10H2,1H3. The fraction of sp³-hybridized carbons (Fsp3) is 0.312. The molecule has 0 aliphatic carbocycles. The fourth-order valence-corrected chi connectivity index (χ4v) is 3.09. The first-order chi connectivity index (χ1) is 10.7. The zero-order valence-electron chi connectivity index (χ0n) is 12.3. The van der Waals surface area contributed by atoms with E-state index in [1.165, 1.54) is 0 Å². The van der Waals surface area contributed by atoms with Crippen LogP contribution >= 0.6 is 11.6 Å². The van der Waals surface area contributed by atoms with E-state index in [2.05, 4.69) is 32.9 Å². The molecular weight excluding hydrogens is 298 g/mol. The highest BCUT2D eigenvalue weighted by atomic mass is 35.5.